The average molecular weight is 219 g/mol. The Bertz CT molecular complexity index is 396. The van der Waals surface area contributed by atoms with Crippen LogP contribution >= 0.6 is 0 Å². The van der Waals surface area contributed by atoms with Crippen LogP contribution in [0.1, 0.15) is 29.9 Å². The number of hydrogen-bond acceptors (Lipinski definition) is 3. The van der Waals surface area contributed by atoms with Gasteiger partial charge in [-0.25, -0.2) is 0 Å². The Kier molecular flexibility index (Phi) is 2.92. The molecule has 1 amide bonds. The van der Waals surface area contributed by atoms with Gasteiger partial charge in [-0.2, -0.15) is 0 Å². The molecule has 1 aromatic rings. The lowest BCUT2D eigenvalue weighted by Crippen LogP contribution is -2.52. The highest BCUT2D eigenvalue weighted by atomic mass is 16.2. The Morgan fingerprint density at radius 3 is 2.50 bits per heavy atom. The number of amides is 1. The maximum Gasteiger partial charge on any atom is 0.236 e. The second-order valence-electron chi connectivity index (χ2n) is 4.37. The predicted octanol–water partition coefficient (Wildman–Crippen LogP) is 0.847. The van der Waals surface area contributed by atoms with Crippen molar-refractivity contribution in [1.29, 1.82) is 0 Å². The zero-order valence-corrected chi connectivity index (χ0v) is 9.87. The molecule has 0 saturated carbocycles. The summed E-state index contributed by atoms with van der Waals surface area (Å²) in [7, 11) is 0. The fraction of sp³-hybridized carbons (Fsp3) is 0.500. The summed E-state index contributed by atoms with van der Waals surface area (Å²) in [6.45, 7) is 6.50. The summed E-state index contributed by atoms with van der Waals surface area (Å²) in [6, 6.07) is 4.18. The van der Waals surface area contributed by atoms with Gasteiger partial charge in [0.05, 0.1) is 12.1 Å². The van der Waals surface area contributed by atoms with E-state index in [9.17, 15) is 4.79 Å². The van der Waals surface area contributed by atoms with Crippen LogP contribution in [0.15, 0.2) is 12.1 Å². The van der Waals surface area contributed by atoms with Crippen LogP contribution in [0.5, 0.6) is 0 Å². The number of carbonyl (C=O) groups is 1. The molecule has 2 rings (SSSR count). The number of aryl methyl sites for hydroxylation is 2. The lowest BCUT2D eigenvalue weighted by atomic mass is 10.0. The Balaban J connectivity index is 2.21. The molecule has 16 heavy (non-hydrogen) atoms. The molecule has 2 atom stereocenters. The van der Waals surface area contributed by atoms with Crippen molar-refractivity contribution in [2.45, 2.75) is 32.9 Å². The third-order valence-electron chi connectivity index (χ3n) is 2.83. The highest BCUT2D eigenvalue weighted by molar-refractivity contribution is 5.82. The third-order valence-corrected chi connectivity index (χ3v) is 2.83. The summed E-state index contributed by atoms with van der Waals surface area (Å²) in [5.41, 5.74) is 3.22. The van der Waals surface area contributed by atoms with Crippen molar-refractivity contribution in [2.24, 2.45) is 0 Å². The van der Waals surface area contributed by atoms with Gasteiger partial charge < -0.3 is 5.32 Å². The van der Waals surface area contributed by atoms with Crippen molar-refractivity contribution in [2.75, 3.05) is 6.54 Å². The molecule has 2 heterocycles. The highest BCUT2D eigenvalue weighted by Gasteiger charge is 2.25. The van der Waals surface area contributed by atoms with Crippen LogP contribution in [-0.4, -0.2) is 23.5 Å². The van der Waals surface area contributed by atoms with Crippen molar-refractivity contribution in [1.82, 2.24) is 15.6 Å². The summed E-state index contributed by atoms with van der Waals surface area (Å²) < 4.78 is 0. The summed E-state index contributed by atoms with van der Waals surface area (Å²) in [5.74, 6) is 0.0683. The van der Waals surface area contributed by atoms with Crippen LogP contribution in [0.3, 0.4) is 0 Å². The Morgan fingerprint density at radius 1 is 1.31 bits per heavy atom. The minimum absolute atomic E-state index is 0.0683. The minimum atomic E-state index is -0.132. The average Bonchev–Trinajstić information content (AvgIpc) is 2.20. The van der Waals surface area contributed by atoms with Crippen LogP contribution in [-0.2, 0) is 4.79 Å². The van der Waals surface area contributed by atoms with Gasteiger partial charge in [0.25, 0.3) is 0 Å². The molecule has 86 valence electrons. The van der Waals surface area contributed by atoms with Gasteiger partial charge in [0.1, 0.15) is 0 Å². The van der Waals surface area contributed by atoms with E-state index in [0.717, 1.165) is 11.4 Å². The Morgan fingerprint density at radius 2 is 1.94 bits per heavy atom. The first kappa shape index (κ1) is 11.1. The normalized spacial score (nSPS) is 25.3. The molecule has 0 bridgehead atoms. The van der Waals surface area contributed by atoms with E-state index in [1.54, 1.807) is 0 Å². The first-order valence-corrected chi connectivity index (χ1v) is 5.55. The second kappa shape index (κ2) is 4.22. The van der Waals surface area contributed by atoms with E-state index in [2.05, 4.69) is 27.8 Å². The van der Waals surface area contributed by atoms with E-state index in [1.165, 1.54) is 5.56 Å². The first-order chi connectivity index (χ1) is 7.56. The largest absolute Gasteiger partial charge is 0.353 e. The minimum Gasteiger partial charge on any atom is -0.353 e. The van der Waals surface area contributed by atoms with E-state index < -0.39 is 0 Å². The number of rotatable bonds is 1. The van der Waals surface area contributed by atoms with E-state index in [4.69, 9.17) is 0 Å². The first-order valence-electron chi connectivity index (χ1n) is 5.55. The van der Waals surface area contributed by atoms with Crippen LogP contribution in [0.25, 0.3) is 0 Å². The standard InChI is InChI=1S/C12H17N3O/c1-7-4-10(5-8(2)14-7)11-6-13-12(16)9(3)15-11/h4-5,9,11,15H,6H2,1-3H3,(H,13,16)/t9-,11?/m0/s1. The van der Waals surface area contributed by atoms with E-state index in [0.29, 0.717) is 6.54 Å². The molecule has 4 heteroatoms. The Labute approximate surface area is 95.5 Å². The smallest absolute Gasteiger partial charge is 0.236 e. The molecule has 0 aromatic carbocycles. The van der Waals surface area contributed by atoms with Gasteiger partial charge in [-0.05, 0) is 38.5 Å². The highest BCUT2D eigenvalue weighted by Crippen LogP contribution is 2.17. The number of piperazine rings is 1. The van der Waals surface area contributed by atoms with Crippen LogP contribution in [0.4, 0.5) is 0 Å². The number of pyridine rings is 1. The SMILES string of the molecule is Cc1cc(C2CNC(=O)[C@H](C)N2)cc(C)n1. The summed E-state index contributed by atoms with van der Waals surface area (Å²) in [6.07, 6.45) is 0. The Hall–Kier alpha value is -1.42. The van der Waals surface area contributed by atoms with Gasteiger partial charge >= 0.3 is 0 Å². The van der Waals surface area contributed by atoms with Crippen LogP contribution in [0.2, 0.25) is 0 Å². The van der Waals surface area contributed by atoms with Crippen molar-refractivity contribution in [3.8, 4) is 0 Å². The lowest BCUT2D eigenvalue weighted by Gasteiger charge is -2.29. The molecule has 0 radical (unpaired) electrons. The lowest BCUT2D eigenvalue weighted by molar-refractivity contribution is -0.124. The maximum absolute atomic E-state index is 11.3. The van der Waals surface area contributed by atoms with Gasteiger partial charge in [0.15, 0.2) is 0 Å². The molecule has 1 unspecified atom stereocenters. The monoisotopic (exact) mass is 219 g/mol. The maximum atomic E-state index is 11.3. The van der Waals surface area contributed by atoms with Crippen LogP contribution in [0, 0.1) is 13.8 Å². The molecular weight excluding hydrogens is 202 g/mol. The van der Waals surface area contributed by atoms with Crippen molar-refractivity contribution in [3.63, 3.8) is 0 Å². The summed E-state index contributed by atoms with van der Waals surface area (Å²) >= 11 is 0. The van der Waals surface area contributed by atoms with Gasteiger partial charge in [-0.3, -0.25) is 15.1 Å². The fourth-order valence-electron chi connectivity index (χ4n) is 2.07. The number of carbonyl (C=O) groups excluding carboxylic acids is 1. The predicted molar refractivity (Wildman–Crippen MR) is 62.1 cm³/mol. The molecule has 0 spiro atoms. The van der Waals surface area contributed by atoms with E-state index in [1.807, 2.05) is 20.8 Å². The topological polar surface area (TPSA) is 54.0 Å². The second-order valence-corrected chi connectivity index (χ2v) is 4.37. The molecule has 1 fully saturated rings. The van der Waals surface area contributed by atoms with Crippen molar-refractivity contribution < 1.29 is 4.79 Å². The molecule has 2 N–H and O–H groups in total. The summed E-state index contributed by atoms with van der Waals surface area (Å²) in [4.78, 5) is 15.7. The fourth-order valence-corrected chi connectivity index (χ4v) is 2.07. The molecule has 4 nitrogen and oxygen atoms in total. The zero-order chi connectivity index (χ0) is 11.7. The van der Waals surface area contributed by atoms with Crippen molar-refractivity contribution in [3.05, 3.63) is 29.1 Å². The number of aromatic nitrogens is 1. The third kappa shape index (κ3) is 2.22. The van der Waals surface area contributed by atoms with Gasteiger partial charge in [-0.15, -0.1) is 0 Å². The molecule has 1 aliphatic heterocycles. The number of hydrogen-bond donors (Lipinski definition) is 2. The van der Waals surface area contributed by atoms with Gasteiger partial charge in [0, 0.05) is 17.9 Å². The van der Waals surface area contributed by atoms with Crippen LogP contribution < -0.4 is 10.6 Å². The summed E-state index contributed by atoms with van der Waals surface area (Å²) in [5, 5.41) is 6.19. The van der Waals surface area contributed by atoms with E-state index in [-0.39, 0.29) is 18.0 Å². The molecule has 1 aliphatic rings. The van der Waals surface area contributed by atoms with Gasteiger partial charge in [-0.1, -0.05) is 0 Å². The molecule has 0 aliphatic carbocycles. The van der Waals surface area contributed by atoms with Crippen molar-refractivity contribution >= 4 is 5.91 Å². The molecular formula is C12H17N3O. The zero-order valence-electron chi connectivity index (χ0n) is 9.87. The van der Waals surface area contributed by atoms with Gasteiger partial charge in [0.2, 0.25) is 5.91 Å². The number of nitrogens with zero attached hydrogens (tertiary/aromatic N) is 1. The number of nitrogens with one attached hydrogen (secondary N) is 2. The molecule has 1 saturated heterocycles. The molecule has 1 aromatic heterocycles. The van der Waals surface area contributed by atoms with E-state index >= 15 is 0 Å². The quantitative estimate of drug-likeness (QED) is 0.736.